The molecule has 5 heteroatoms. The van der Waals surface area contributed by atoms with Gasteiger partial charge in [-0.1, -0.05) is 6.07 Å². The van der Waals surface area contributed by atoms with Crippen LogP contribution < -0.4 is 14.8 Å². The SMILES string of the molecule is COc1ccc(CC(=O)Nc2ccc(C(C)=O)cc2)cc1OC. The van der Waals surface area contributed by atoms with E-state index in [1.165, 1.54) is 6.92 Å². The van der Waals surface area contributed by atoms with Gasteiger partial charge in [-0.3, -0.25) is 9.59 Å². The summed E-state index contributed by atoms with van der Waals surface area (Å²) in [6.45, 7) is 1.50. The Morgan fingerprint density at radius 3 is 2.17 bits per heavy atom. The molecule has 0 atom stereocenters. The van der Waals surface area contributed by atoms with Crippen LogP contribution in [0.25, 0.3) is 0 Å². The fraction of sp³-hybridized carbons (Fsp3) is 0.222. The zero-order valence-electron chi connectivity index (χ0n) is 13.4. The number of benzene rings is 2. The van der Waals surface area contributed by atoms with Crippen LogP contribution in [-0.4, -0.2) is 25.9 Å². The number of amides is 1. The zero-order valence-corrected chi connectivity index (χ0v) is 13.4. The molecule has 0 bridgehead atoms. The monoisotopic (exact) mass is 313 g/mol. The average molecular weight is 313 g/mol. The number of carbonyl (C=O) groups is 2. The molecular formula is C18H19NO4. The molecule has 0 spiro atoms. The van der Waals surface area contributed by atoms with Crippen molar-refractivity contribution in [3.05, 3.63) is 53.6 Å². The van der Waals surface area contributed by atoms with Gasteiger partial charge in [0.05, 0.1) is 20.6 Å². The van der Waals surface area contributed by atoms with Crippen molar-refractivity contribution in [2.45, 2.75) is 13.3 Å². The molecule has 0 aliphatic heterocycles. The predicted octanol–water partition coefficient (Wildman–Crippen LogP) is 3.09. The van der Waals surface area contributed by atoms with Gasteiger partial charge in [-0.25, -0.2) is 0 Å². The Balaban J connectivity index is 2.03. The molecule has 1 N–H and O–H groups in total. The van der Waals surface area contributed by atoms with Crippen LogP contribution in [0.5, 0.6) is 11.5 Å². The molecule has 0 fully saturated rings. The van der Waals surface area contributed by atoms with Crippen LogP contribution in [0.1, 0.15) is 22.8 Å². The first kappa shape index (κ1) is 16.5. The molecule has 0 saturated carbocycles. The molecule has 0 unspecified atom stereocenters. The minimum absolute atomic E-state index is 0.00629. The number of hydrogen-bond acceptors (Lipinski definition) is 4. The van der Waals surface area contributed by atoms with Gasteiger partial charge in [0, 0.05) is 11.3 Å². The fourth-order valence-electron chi connectivity index (χ4n) is 2.17. The van der Waals surface area contributed by atoms with E-state index < -0.39 is 0 Å². The lowest BCUT2D eigenvalue weighted by Crippen LogP contribution is -2.14. The molecule has 0 aromatic heterocycles. The van der Waals surface area contributed by atoms with E-state index in [0.717, 1.165) is 5.56 Å². The molecule has 0 saturated heterocycles. The molecule has 120 valence electrons. The van der Waals surface area contributed by atoms with E-state index in [2.05, 4.69) is 5.32 Å². The number of Topliss-reactive ketones (excluding diaryl/α,β-unsaturated/α-hetero) is 1. The van der Waals surface area contributed by atoms with E-state index in [1.54, 1.807) is 50.6 Å². The quantitative estimate of drug-likeness (QED) is 0.832. The predicted molar refractivity (Wildman–Crippen MR) is 88.3 cm³/mol. The first-order valence-corrected chi connectivity index (χ1v) is 7.15. The Morgan fingerprint density at radius 2 is 1.61 bits per heavy atom. The van der Waals surface area contributed by atoms with Gasteiger partial charge >= 0.3 is 0 Å². The van der Waals surface area contributed by atoms with Gasteiger partial charge in [0.2, 0.25) is 5.91 Å². The lowest BCUT2D eigenvalue weighted by molar-refractivity contribution is -0.115. The zero-order chi connectivity index (χ0) is 16.8. The van der Waals surface area contributed by atoms with Crippen molar-refractivity contribution >= 4 is 17.4 Å². The summed E-state index contributed by atoms with van der Waals surface area (Å²) in [6, 6.07) is 12.2. The van der Waals surface area contributed by atoms with Gasteiger partial charge < -0.3 is 14.8 Å². The number of nitrogens with one attached hydrogen (secondary N) is 1. The third-order valence-corrected chi connectivity index (χ3v) is 3.39. The van der Waals surface area contributed by atoms with Crippen LogP contribution in [0, 0.1) is 0 Å². The molecule has 0 radical (unpaired) electrons. The van der Waals surface area contributed by atoms with E-state index in [4.69, 9.17) is 9.47 Å². The van der Waals surface area contributed by atoms with Gasteiger partial charge in [0.25, 0.3) is 0 Å². The van der Waals surface area contributed by atoms with E-state index in [9.17, 15) is 9.59 Å². The van der Waals surface area contributed by atoms with E-state index in [0.29, 0.717) is 22.7 Å². The third-order valence-electron chi connectivity index (χ3n) is 3.39. The first-order chi connectivity index (χ1) is 11.0. The summed E-state index contributed by atoms with van der Waals surface area (Å²) in [5.41, 5.74) is 2.09. The highest BCUT2D eigenvalue weighted by atomic mass is 16.5. The Kier molecular flexibility index (Phi) is 5.36. The summed E-state index contributed by atoms with van der Waals surface area (Å²) >= 11 is 0. The summed E-state index contributed by atoms with van der Waals surface area (Å²) in [4.78, 5) is 23.3. The summed E-state index contributed by atoms with van der Waals surface area (Å²) in [5, 5.41) is 2.80. The number of anilines is 1. The topological polar surface area (TPSA) is 64.6 Å². The molecule has 0 aliphatic rings. The molecule has 2 aromatic rings. The number of ketones is 1. The van der Waals surface area contributed by atoms with Gasteiger partial charge in [0.15, 0.2) is 17.3 Å². The third kappa shape index (κ3) is 4.32. The Labute approximate surface area is 135 Å². The van der Waals surface area contributed by atoms with Crippen molar-refractivity contribution < 1.29 is 19.1 Å². The second-order valence-corrected chi connectivity index (χ2v) is 5.05. The maximum atomic E-state index is 12.1. The van der Waals surface area contributed by atoms with E-state index in [-0.39, 0.29) is 18.1 Å². The summed E-state index contributed by atoms with van der Waals surface area (Å²) in [7, 11) is 3.12. The highest BCUT2D eigenvalue weighted by Crippen LogP contribution is 2.27. The number of ether oxygens (including phenoxy) is 2. The van der Waals surface area contributed by atoms with E-state index >= 15 is 0 Å². The largest absolute Gasteiger partial charge is 0.493 e. The van der Waals surface area contributed by atoms with Gasteiger partial charge in [-0.05, 0) is 48.9 Å². The summed E-state index contributed by atoms with van der Waals surface area (Å²) in [6.07, 6.45) is 0.217. The molecule has 0 aliphatic carbocycles. The summed E-state index contributed by atoms with van der Waals surface area (Å²) < 4.78 is 10.4. The van der Waals surface area contributed by atoms with Crippen LogP contribution in [0.3, 0.4) is 0 Å². The van der Waals surface area contributed by atoms with Crippen LogP contribution in [0.15, 0.2) is 42.5 Å². The maximum Gasteiger partial charge on any atom is 0.228 e. The molecule has 2 aromatic carbocycles. The molecule has 5 nitrogen and oxygen atoms in total. The lowest BCUT2D eigenvalue weighted by Gasteiger charge is -2.10. The molecule has 1 amide bonds. The summed E-state index contributed by atoms with van der Waals surface area (Å²) in [5.74, 6) is 1.06. The Hall–Kier alpha value is -2.82. The highest BCUT2D eigenvalue weighted by molar-refractivity contribution is 5.96. The number of rotatable bonds is 6. The second kappa shape index (κ2) is 7.45. The molecule has 0 heterocycles. The molecule has 2 rings (SSSR count). The molecule has 23 heavy (non-hydrogen) atoms. The standard InChI is InChI=1S/C18H19NO4/c1-12(20)14-5-7-15(8-6-14)19-18(21)11-13-4-9-16(22-2)17(10-13)23-3/h4-10H,11H2,1-3H3,(H,19,21). The highest BCUT2D eigenvalue weighted by Gasteiger charge is 2.09. The molecular weight excluding hydrogens is 294 g/mol. The lowest BCUT2D eigenvalue weighted by atomic mass is 10.1. The van der Waals surface area contributed by atoms with Crippen molar-refractivity contribution in [1.29, 1.82) is 0 Å². The maximum absolute atomic E-state index is 12.1. The minimum Gasteiger partial charge on any atom is -0.493 e. The van der Waals surface area contributed by atoms with Gasteiger partial charge in [-0.15, -0.1) is 0 Å². The van der Waals surface area contributed by atoms with Crippen LogP contribution in [0.2, 0.25) is 0 Å². The van der Waals surface area contributed by atoms with Crippen LogP contribution >= 0.6 is 0 Å². The van der Waals surface area contributed by atoms with E-state index in [1.807, 2.05) is 6.07 Å². The number of carbonyl (C=O) groups excluding carboxylic acids is 2. The number of hydrogen-bond donors (Lipinski definition) is 1. The Morgan fingerprint density at radius 1 is 0.957 bits per heavy atom. The van der Waals surface area contributed by atoms with Crippen molar-refractivity contribution in [1.82, 2.24) is 0 Å². The van der Waals surface area contributed by atoms with Gasteiger partial charge in [-0.2, -0.15) is 0 Å². The van der Waals surface area contributed by atoms with Crippen LogP contribution in [-0.2, 0) is 11.2 Å². The van der Waals surface area contributed by atoms with Gasteiger partial charge in [0.1, 0.15) is 0 Å². The smallest absolute Gasteiger partial charge is 0.228 e. The Bertz CT molecular complexity index is 707. The van der Waals surface area contributed by atoms with Crippen molar-refractivity contribution in [3.8, 4) is 11.5 Å². The minimum atomic E-state index is -0.146. The van der Waals surface area contributed by atoms with Crippen LogP contribution in [0.4, 0.5) is 5.69 Å². The number of methoxy groups -OCH3 is 2. The van der Waals surface area contributed by atoms with Crippen molar-refractivity contribution in [3.63, 3.8) is 0 Å². The normalized spacial score (nSPS) is 10.0. The second-order valence-electron chi connectivity index (χ2n) is 5.05. The average Bonchev–Trinajstić information content (AvgIpc) is 2.55. The van der Waals surface area contributed by atoms with Crippen molar-refractivity contribution in [2.75, 3.05) is 19.5 Å². The fourth-order valence-corrected chi connectivity index (χ4v) is 2.17. The first-order valence-electron chi connectivity index (χ1n) is 7.15. The van der Waals surface area contributed by atoms with Crippen molar-refractivity contribution in [2.24, 2.45) is 0 Å².